The van der Waals surface area contributed by atoms with E-state index >= 15 is 0 Å². The molecule has 0 unspecified atom stereocenters. The average Bonchev–Trinajstić information content (AvgIpc) is 2.14. The zero-order valence-electron chi connectivity index (χ0n) is 4.51. The Bertz CT molecular complexity index is 210. The second-order valence-corrected chi connectivity index (χ2v) is 3.51. The van der Waals surface area contributed by atoms with Gasteiger partial charge in [-0.3, -0.25) is 4.79 Å². The van der Waals surface area contributed by atoms with Crippen LogP contribution in [0.25, 0.3) is 0 Å². The lowest BCUT2D eigenvalue weighted by atomic mass is 10.3. The first-order valence-electron chi connectivity index (χ1n) is 2.41. The smallest absolute Gasteiger partial charge is 0.246 e. The van der Waals surface area contributed by atoms with Crippen LogP contribution in [0.1, 0.15) is 12.5 Å². The SMILES string of the molecule is CCc1cssc1=O. The summed E-state index contributed by atoms with van der Waals surface area (Å²) in [6, 6.07) is 0. The van der Waals surface area contributed by atoms with E-state index in [4.69, 9.17) is 0 Å². The Morgan fingerprint density at radius 3 is 2.75 bits per heavy atom. The van der Waals surface area contributed by atoms with Crippen LogP contribution in [0.15, 0.2) is 10.2 Å². The first-order chi connectivity index (χ1) is 3.84. The molecule has 1 aromatic rings. The highest BCUT2D eigenvalue weighted by Gasteiger charge is 1.94. The summed E-state index contributed by atoms with van der Waals surface area (Å²) in [4.78, 5) is 10.7. The van der Waals surface area contributed by atoms with E-state index in [9.17, 15) is 4.79 Å². The Labute approximate surface area is 55.0 Å². The fraction of sp³-hybridized carbons (Fsp3) is 0.400. The van der Waals surface area contributed by atoms with Crippen LogP contribution in [-0.2, 0) is 6.42 Å². The van der Waals surface area contributed by atoms with Gasteiger partial charge < -0.3 is 0 Å². The molecular weight excluding hydrogens is 140 g/mol. The van der Waals surface area contributed by atoms with Crippen molar-refractivity contribution in [1.82, 2.24) is 0 Å². The molecule has 0 aliphatic carbocycles. The minimum absolute atomic E-state index is 0.234. The summed E-state index contributed by atoms with van der Waals surface area (Å²) >= 11 is 0. The summed E-state index contributed by atoms with van der Waals surface area (Å²) in [7, 11) is 2.84. The summed E-state index contributed by atoms with van der Waals surface area (Å²) in [5.41, 5.74) is 0.958. The molecule has 0 aliphatic rings. The quantitative estimate of drug-likeness (QED) is 0.551. The normalized spacial score (nSPS) is 9.62. The Kier molecular flexibility index (Phi) is 1.81. The van der Waals surface area contributed by atoms with E-state index in [-0.39, 0.29) is 4.74 Å². The van der Waals surface area contributed by atoms with Gasteiger partial charge in [-0.05, 0) is 16.8 Å². The van der Waals surface area contributed by atoms with Gasteiger partial charge in [0.25, 0.3) is 0 Å². The molecule has 1 aromatic heterocycles. The minimum Gasteiger partial charge on any atom is -0.277 e. The van der Waals surface area contributed by atoms with E-state index < -0.39 is 0 Å². The Morgan fingerprint density at radius 2 is 2.50 bits per heavy atom. The molecule has 0 saturated heterocycles. The lowest BCUT2D eigenvalue weighted by molar-refractivity contribution is 1.14. The highest BCUT2D eigenvalue weighted by atomic mass is 32.9. The lowest BCUT2D eigenvalue weighted by Gasteiger charge is -1.76. The van der Waals surface area contributed by atoms with Crippen molar-refractivity contribution < 1.29 is 0 Å². The van der Waals surface area contributed by atoms with E-state index in [2.05, 4.69) is 0 Å². The maximum Gasteiger partial charge on any atom is 0.246 e. The van der Waals surface area contributed by atoms with E-state index in [0.717, 1.165) is 12.0 Å². The third kappa shape index (κ3) is 0.980. The molecule has 0 saturated carbocycles. The maximum atomic E-state index is 10.7. The zero-order chi connectivity index (χ0) is 5.98. The monoisotopic (exact) mass is 146 g/mol. The topological polar surface area (TPSA) is 17.1 Å². The predicted molar refractivity (Wildman–Crippen MR) is 37.8 cm³/mol. The largest absolute Gasteiger partial charge is 0.277 e. The molecule has 3 heteroatoms. The van der Waals surface area contributed by atoms with Gasteiger partial charge in [0.1, 0.15) is 0 Å². The summed E-state index contributed by atoms with van der Waals surface area (Å²) in [6.45, 7) is 2.00. The van der Waals surface area contributed by atoms with Crippen molar-refractivity contribution in [1.29, 1.82) is 0 Å². The molecular formula is C5H6OS2. The highest BCUT2D eigenvalue weighted by Crippen LogP contribution is 2.04. The van der Waals surface area contributed by atoms with Gasteiger partial charge in [-0.2, -0.15) is 0 Å². The molecule has 0 spiro atoms. The molecule has 1 heterocycles. The summed E-state index contributed by atoms with van der Waals surface area (Å²) in [6.07, 6.45) is 0.874. The Balaban J connectivity index is 3.11. The first-order valence-corrected chi connectivity index (χ1v) is 4.62. The van der Waals surface area contributed by atoms with Gasteiger partial charge in [-0.15, -0.1) is 0 Å². The predicted octanol–water partition coefficient (Wildman–Crippen LogP) is 1.73. The minimum atomic E-state index is 0.234. The van der Waals surface area contributed by atoms with Crippen LogP contribution in [-0.4, -0.2) is 0 Å². The molecule has 0 aromatic carbocycles. The van der Waals surface area contributed by atoms with Gasteiger partial charge in [0.2, 0.25) is 4.74 Å². The third-order valence-electron chi connectivity index (χ3n) is 0.957. The number of hydrogen-bond donors (Lipinski definition) is 0. The van der Waals surface area contributed by atoms with E-state index in [1.165, 1.54) is 20.7 Å². The molecule has 44 valence electrons. The molecule has 0 fully saturated rings. The maximum absolute atomic E-state index is 10.7. The van der Waals surface area contributed by atoms with Crippen LogP contribution in [0.5, 0.6) is 0 Å². The Hall–Kier alpha value is -0.150. The van der Waals surface area contributed by atoms with Crippen LogP contribution in [0.2, 0.25) is 0 Å². The van der Waals surface area contributed by atoms with Crippen molar-refractivity contribution in [3.05, 3.63) is 20.5 Å². The van der Waals surface area contributed by atoms with Crippen molar-refractivity contribution in [2.75, 3.05) is 0 Å². The van der Waals surface area contributed by atoms with Gasteiger partial charge in [0, 0.05) is 10.9 Å². The van der Waals surface area contributed by atoms with Crippen molar-refractivity contribution >= 4 is 20.7 Å². The molecule has 0 radical (unpaired) electrons. The fourth-order valence-corrected chi connectivity index (χ4v) is 2.44. The number of rotatable bonds is 1. The van der Waals surface area contributed by atoms with Crippen LogP contribution in [0.4, 0.5) is 0 Å². The molecule has 0 amide bonds. The van der Waals surface area contributed by atoms with Crippen LogP contribution >= 0.6 is 20.7 Å². The molecule has 0 bridgehead atoms. The average molecular weight is 146 g/mol. The van der Waals surface area contributed by atoms with Crippen molar-refractivity contribution in [2.45, 2.75) is 13.3 Å². The highest BCUT2D eigenvalue weighted by molar-refractivity contribution is 7.67. The van der Waals surface area contributed by atoms with Crippen LogP contribution in [0.3, 0.4) is 0 Å². The Morgan fingerprint density at radius 1 is 1.75 bits per heavy atom. The van der Waals surface area contributed by atoms with Crippen molar-refractivity contribution in [3.8, 4) is 0 Å². The van der Waals surface area contributed by atoms with Crippen LogP contribution in [0, 0.1) is 0 Å². The molecule has 0 aliphatic heterocycles. The lowest BCUT2D eigenvalue weighted by Crippen LogP contribution is -1.94. The van der Waals surface area contributed by atoms with Gasteiger partial charge in [-0.1, -0.05) is 17.3 Å². The van der Waals surface area contributed by atoms with Crippen molar-refractivity contribution in [2.24, 2.45) is 0 Å². The molecule has 0 N–H and O–H groups in total. The van der Waals surface area contributed by atoms with Gasteiger partial charge in [-0.25, -0.2) is 0 Å². The molecule has 1 rings (SSSR count). The third-order valence-corrected chi connectivity index (χ3v) is 2.88. The first kappa shape index (κ1) is 5.98. The van der Waals surface area contributed by atoms with Gasteiger partial charge in [0.15, 0.2) is 0 Å². The standard InChI is InChI=1S/C5H6OS2/c1-2-4-3-7-8-5(4)6/h3H,2H2,1H3. The number of aryl methyl sites for hydroxylation is 1. The van der Waals surface area contributed by atoms with Crippen molar-refractivity contribution in [3.63, 3.8) is 0 Å². The fourth-order valence-electron chi connectivity index (χ4n) is 0.455. The summed E-state index contributed by atoms with van der Waals surface area (Å²) in [5.74, 6) is 0. The van der Waals surface area contributed by atoms with E-state index in [1.807, 2.05) is 12.3 Å². The second-order valence-electron chi connectivity index (χ2n) is 1.46. The van der Waals surface area contributed by atoms with E-state index in [1.54, 1.807) is 0 Å². The molecule has 0 atom stereocenters. The summed E-state index contributed by atoms with van der Waals surface area (Å²) in [5, 5.41) is 1.92. The number of hydrogen-bond acceptors (Lipinski definition) is 3. The zero-order valence-corrected chi connectivity index (χ0v) is 6.14. The molecule has 1 nitrogen and oxygen atoms in total. The second kappa shape index (κ2) is 2.42. The van der Waals surface area contributed by atoms with Gasteiger partial charge in [0.05, 0.1) is 0 Å². The van der Waals surface area contributed by atoms with E-state index in [0.29, 0.717) is 0 Å². The molecule has 8 heavy (non-hydrogen) atoms. The summed E-state index contributed by atoms with van der Waals surface area (Å²) < 4.78 is 0.234. The van der Waals surface area contributed by atoms with Crippen LogP contribution < -0.4 is 4.74 Å². The van der Waals surface area contributed by atoms with Gasteiger partial charge >= 0.3 is 0 Å².